The van der Waals surface area contributed by atoms with Crippen molar-refractivity contribution in [3.63, 3.8) is 0 Å². The van der Waals surface area contributed by atoms with Crippen LogP contribution in [0.25, 0.3) is 0 Å². The molecular weight excluding hydrogens is 240 g/mol. The Bertz CT molecular complexity index is 462. The number of hydrogen-bond acceptors (Lipinski definition) is 3. The predicted molar refractivity (Wildman–Crippen MR) is 72.2 cm³/mol. The molecular formula is C15H18N2O2. The molecule has 2 unspecified atom stereocenters. The Labute approximate surface area is 112 Å². The second-order valence-electron chi connectivity index (χ2n) is 5.30. The van der Waals surface area contributed by atoms with Gasteiger partial charge in [0.25, 0.3) is 0 Å². The van der Waals surface area contributed by atoms with Crippen molar-refractivity contribution in [1.82, 2.24) is 4.90 Å². The fourth-order valence-electron chi connectivity index (χ4n) is 3.11. The SMILES string of the molecule is O=C1C2CCCCC2C(=O)N1CNc1ccccc1. The van der Waals surface area contributed by atoms with Crippen LogP contribution in [0.4, 0.5) is 5.69 Å². The van der Waals surface area contributed by atoms with E-state index < -0.39 is 0 Å². The molecule has 2 fully saturated rings. The number of rotatable bonds is 3. The molecule has 0 spiro atoms. The lowest BCUT2D eigenvalue weighted by molar-refractivity contribution is -0.139. The molecule has 19 heavy (non-hydrogen) atoms. The Hall–Kier alpha value is -1.84. The van der Waals surface area contributed by atoms with Crippen LogP contribution in [0.1, 0.15) is 25.7 Å². The molecule has 2 aliphatic rings. The van der Waals surface area contributed by atoms with E-state index in [1.165, 1.54) is 4.90 Å². The smallest absolute Gasteiger partial charge is 0.234 e. The number of hydrogen-bond donors (Lipinski definition) is 1. The lowest BCUT2D eigenvalue weighted by atomic mass is 9.81. The molecule has 2 atom stereocenters. The number of likely N-dealkylation sites (tertiary alicyclic amines) is 1. The third-order valence-electron chi connectivity index (χ3n) is 4.15. The molecule has 1 N–H and O–H groups in total. The second kappa shape index (κ2) is 5.03. The summed E-state index contributed by atoms with van der Waals surface area (Å²) < 4.78 is 0. The Balaban J connectivity index is 1.68. The van der Waals surface area contributed by atoms with Gasteiger partial charge < -0.3 is 5.32 Å². The minimum absolute atomic E-state index is 0.0122. The van der Waals surface area contributed by atoms with Crippen LogP contribution in [0.2, 0.25) is 0 Å². The van der Waals surface area contributed by atoms with E-state index in [0.717, 1.165) is 31.4 Å². The van der Waals surface area contributed by atoms with E-state index in [-0.39, 0.29) is 30.3 Å². The topological polar surface area (TPSA) is 49.4 Å². The van der Waals surface area contributed by atoms with E-state index in [1.807, 2.05) is 30.3 Å². The zero-order valence-electron chi connectivity index (χ0n) is 10.8. The zero-order chi connectivity index (χ0) is 13.2. The number of anilines is 1. The zero-order valence-corrected chi connectivity index (χ0v) is 10.8. The molecule has 0 bridgehead atoms. The highest BCUT2D eigenvalue weighted by molar-refractivity contribution is 6.05. The molecule has 1 aromatic carbocycles. The van der Waals surface area contributed by atoms with Gasteiger partial charge in [0.15, 0.2) is 0 Å². The first-order valence-electron chi connectivity index (χ1n) is 6.91. The van der Waals surface area contributed by atoms with Gasteiger partial charge in [-0.15, -0.1) is 0 Å². The third-order valence-corrected chi connectivity index (χ3v) is 4.15. The highest BCUT2D eigenvalue weighted by atomic mass is 16.2. The maximum atomic E-state index is 12.2. The predicted octanol–water partition coefficient (Wildman–Crippen LogP) is 2.23. The van der Waals surface area contributed by atoms with Gasteiger partial charge in [-0.05, 0) is 25.0 Å². The van der Waals surface area contributed by atoms with Crippen molar-refractivity contribution < 1.29 is 9.59 Å². The summed E-state index contributed by atoms with van der Waals surface area (Å²) in [5, 5.41) is 3.14. The van der Waals surface area contributed by atoms with Crippen molar-refractivity contribution in [2.45, 2.75) is 25.7 Å². The Morgan fingerprint density at radius 2 is 1.58 bits per heavy atom. The molecule has 1 heterocycles. The van der Waals surface area contributed by atoms with Gasteiger partial charge in [-0.2, -0.15) is 0 Å². The van der Waals surface area contributed by atoms with Gasteiger partial charge in [-0.1, -0.05) is 31.0 Å². The fourth-order valence-corrected chi connectivity index (χ4v) is 3.11. The summed E-state index contributed by atoms with van der Waals surface area (Å²) in [6, 6.07) is 9.65. The van der Waals surface area contributed by atoms with E-state index in [2.05, 4.69) is 5.32 Å². The summed E-state index contributed by atoms with van der Waals surface area (Å²) in [5.74, 6) is -0.0890. The molecule has 1 aliphatic heterocycles. The normalized spacial score (nSPS) is 26.4. The fraction of sp³-hybridized carbons (Fsp3) is 0.467. The number of fused-ring (bicyclic) bond motifs is 1. The second-order valence-corrected chi connectivity index (χ2v) is 5.30. The first-order chi connectivity index (χ1) is 9.27. The highest BCUT2D eigenvalue weighted by Crippen LogP contribution is 2.37. The maximum Gasteiger partial charge on any atom is 0.234 e. The van der Waals surface area contributed by atoms with Crippen molar-refractivity contribution in [2.75, 3.05) is 12.0 Å². The molecule has 1 aliphatic carbocycles. The van der Waals surface area contributed by atoms with E-state index in [4.69, 9.17) is 0 Å². The average molecular weight is 258 g/mol. The van der Waals surface area contributed by atoms with Crippen molar-refractivity contribution in [1.29, 1.82) is 0 Å². The van der Waals surface area contributed by atoms with Gasteiger partial charge in [0, 0.05) is 5.69 Å². The quantitative estimate of drug-likeness (QED) is 0.846. The first-order valence-corrected chi connectivity index (χ1v) is 6.91. The molecule has 1 saturated heterocycles. The Morgan fingerprint density at radius 1 is 1.00 bits per heavy atom. The number of amides is 2. The number of carbonyl (C=O) groups is 2. The van der Waals surface area contributed by atoms with Crippen LogP contribution in [-0.2, 0) is 9.59 Å². The molecule has 2 amide bonds. The number of benzene rings is 1. The van der Waals surface area contributed by atoms with Gasteiger partial charge >= 0.3 is 0 Å². The van der Waals surface area contributed by atoms with Crippen LogP contribution in [0.3, 0.4) is 0 Å². The highest BCUT2D eigenvalue weighted by Gasteiger charge is 2.47. The number of nitrogens with zero attached hydrogens (tertiary/aromatic N) is 1. The van der Waals surface area contributed by atoms with E-state index in [0.29, 0.717) is 0 Å². The first kappa shape index (κ1) is 12.2. The summed E-state index contributed by atoms with van der Waals surface area (Å²) in [6.07, 6.45) is 3.88. The van der Waals surface area contributed by atoms with Gasteiger partial charge in [0.1, 0.15) is 0 Å². The molecule has 0 aromatic heterocycles. The van der Waals surface area contributed by atoms with E-state index in [1.54, 1.807) is 0 Å². The number of carbonyl (C=O) groups excluding carboxylic acids is 2. The van der Waals surface area contributed by atoms with Gasteiger partial charge in [0.2, 0.25) is 11.8 Å². The lowest BCUT2D eigenvalue weighted by Crippen LogP contribution is -2.35. The van der Waals surface area contributed by atoms with Crippen LogP contribution >= 0.6 is 0 Å². The summed E-state index contributed by atoms with van der Waals surface area (Å²) in [5.41, 5.74) is 0.929. The molecule has 4 heteroatoms. The third kappa shape index (κ3) is 2.23. The van der Waals surface area contributed by atoms with Crippen LogP contribution in [0.5, 0.6) is 0 Å². The van der Waals surface area contributed by atoms with Crippen molar-refractivity contribution >= 4 is 17.5 Å². The largest absolute Gasteiger partial charge is 0.367 e. The minimum atomic E-state index is -0.0566. The molecule has 1 aromatic rings. The molecule has 0 radical (unpaired) electrons. The van der Waals surface area contributed by atoms with Crippen LogP contribution in [0.15, 0.2) is 30.3 Å². The maximum absolute atomic E-state index is 12.2. The molecule has 4 nitrogen and oxygen atoms in total. The Kier molecular flexibility index (Phi) is 3.23. The molecule has 100 valence electrons. The molecule has 1 saturated carbocycles. The summed E-state index contributed by atoms with van der Waals surface area (Å²) in [7, 11) is 0. The Morgan fingerprint density at radius 3 is 2.16 bits per heavy atom. The number of imide groups is 1. The van der Waals surface area contributed by atoms with Crippen molar-refractivity contribution in [3.05, 3.63) is 30.3 Å². The summed E-state index contributed by atoms with van der Waals surface area (Å²) in [4.78, 5) is 25.9. The summed E-state index contributed by atoms with van der Waals surface area (Å²) in [6.45, 7) is 0.286. The van der Waals surface area contributed by atoms with E-state index >= 15 is 0 Å². The number of para-hydroxylation sites is 1. The van der Waals surface area contributed by atoms with Crippen LogP contribution < -0.4 is 5.32 Å². The standard InChI is InChI=1S/C15H18N2O2/c18-14-12-8-4-5-9-13(12)15(19)17(14)10-16-11-6-2-1-3-7-11/h1-3,6-7,12-13,16H,4-5,8-10H2. The van der Waals surface area contributed by atoms with Crippen LogP contribution in [0, 0.1) is 11.8 Å². The van der Waals surface area contributed by atoms with Gasteiger partial charge in [-0.3, -0.25) is 14.5 Å². The van der Waals surface area contributed by atoms with Crippen molar-refractivity contribution in [2.24, 2.45) is 11.8 Å². The lowest BCUT2D eigenvalue weighted by Gasteiger charge is -2.19. The van der Waals surface area contributed by atoms with Gasteiger partial charge in [-0.25, -0.2) is 0 Å². The summed E-state index contributed by atoms with van der Waals surface area (Å²) >= 11 is 0. The van der Waals surface area contributed by atoms with Gasteiger partial charge in [0.05, 0.1) is 18.5 Å². The molecule has 3 rings (SSSR count). The van der Waals surface area contributed by atoms with E-state index in [9.17, 15) is 9.59 Å². The monoisotopic (exact) mass is 258 g/mol. The van der Waals surface area contributed by atoms with Crippen molar-refractivity contribution in [3.8, 4) is 0 Å². The average Bonchev–Trinajstić information content (AvgIpc) is 2.71. The number of nitrogens with one attached hydrogen (secondary N) is 1. The minimum Gasteiger partial charge on any atom is -0.367 e. The van der Waals surface area contributed by atoms with Crippen LogP contribution in [-0.4, -0.2) is 23.4 Å².